The van der Waals surface area contributed by atoms with Crippen LogP contribution in [0.2, 0.25) is 0 Å². The molecule has 2 aromatic heterocycles. The Morgan fingerprint density at radius 3 is 2.17 bits per heavy atom. The van der Waals surface area contributed by atoms with Gasteiger partial charge in [0.1, 0.15) is 24.2 Å². The van der Waals surface area contributed by atoms with Gasteiger partial charge in [-0.2, -0.15) is 14.9 Å². The lowest BCUT2D eigenvalue weighted by atomic mass is 10.2. The van der Waals surface area contributed by atoms with Crippen LogP contribution in [0.4, 0.5) is 16.2 Å². The van der Waals surface area contributed by atoms with Crippen LogP contribution in [0.3, 0.4) is 0 Å². The Hall–Kier alpha value is -3.31. The van der Waals surface area contributed by atoms with Gasteiger partial charge in [0, 0.05) is 0 Å². The van der Waals surface area contributed by atoms with E-state index in [2.05, 4.69) is 15.3 Å². The summed E-state index contributed by atoms with van der Waals surface area (Å²) in [4.78, 5) is 30.3. The summed E-state index contributed by atoms with van der Waals surface area (Å²) in [6.45, 7) is 5.09. The van der Waals surface area contributed by atoms with E-state index in [1.165, 1.54) is 6.20 Å². The van der Waals surface area contributed by atoms with Crippen molar-refractivity contribution in [3.8, 4) is 0 Å². The highest BCUT2D eigenvalue weighted by Gasteiger charge is 2.20. The van der Waals surface area contributed by atoms with E-state index in [0.29, 0.717) is 0 Å². The molecule has 23 heavy (non-hydrogen) atoms. The van der Waals surface area contributed by atoms with E-state index >= 15 is 0 Å². The van der Waals surface area contributed by atoms with Gasteiger partial charge < -0.3 is 4.74 Å². The van der Waals surface area contributed by atoms with Crippen molar-refractivity contribution in [3.05, 3.63) is 45.0 Å². The van der Waals surface area contributed by atoms with E-state index in [0.717, 1.165) is 23.3 Å². The van der Waals surface area contributed by atoms with E-state index in [1.807, 2.05) is 0 Å². The number of carbonyl (C=O) groups excluding carboxylic acids is 1. The number of nitrogens with one attached hydrogen (secondary N) is 1. The number of carbonyl (C=O) groups is 1. The second-order valence-corrected chi connectivity index (χ2v) is 5.09. The third-order valence-corrected chi connectivity index (χ3v) is 2.05. The molecular weight excluding hydrogens is 312 g/mol. The van der Waals surface area contributed by atoms with Crippen molar-refractivity contribution in [2.45, 2.75) is 26.4 Å². The van der Waals surface area contributed by atoms with Crippen LogP contribution in [0.15, 0.2) is 24.8 Å². The van der Waals surface area contributed by atoms with Gasteiger partial charge in [-0.25, -0.2) is 4.79 Å². The molecule has 0 bridgehead atoms. The van der Waals surface area contributed by atoms with E-state index in [4.69, 9.17) is 4.74 Å². The molecule has 124 valence electrons. The zero-order valence-corrected chi connectivity index (χ0v) is 12.5. The highest BCUT2D eigenvalue weighted by atomic mass is 16.6. The van der Waals surface area contributed by atoms with Crippen LogP contribution in [0.1, 0.15) is 20.8 Å². The van der Waals surface area contributed by atoms with Gasteiger partial charge in [-0.15, -0.1) is 0 Å². The average molecular weight is 326 g/mol. The van der Waals surface area contributed by atoms with E-state index < -0.39 is 21.5 Å². The smallest absolute Gasteiger partial charge is 0.435 e. The van der Waals surface area contributed by atoms with Crippen molar-refractivity contribution in [1.82, 2.24) is 20.0 Å². The third kappa shape index (κ3) is 5.91. The van der Waals surface area contributed by atoms with Gasteiger partial charge >= 0.3 is 17.5 Å². The fourth-order valence-corrected chi connectivity index (χ4v) is 1.16. The highest BCUT2D eigenvalue weighted by molar-refractivity contribution is 5.70. The molecule has 0 unspecified atom stereocenters. The van der Waals surface area contributed by atoms with Crippen molar-refractivity contribution in [1.29, 1.82) is 0 Å². The maximum atomic E-state index is 11.4. The fraction of sp³-hybridized carbons (Fsp3) is 0.364. The van der Waals surface area contributed by atoms with E-state index in [-0.39, 0.29) is 11.4 Å². The molecule has 12 nitrogen and oxygen atoms in total. The zero-order chi connectivity index (χ0) is 17.6. The molecule has 12 heteroatoms. The second kappa shape index (κ2) is 7.11. The molecule has 0 fully saturated rings. The van der Waals surface area contributed by atoms with Crippen LogP contribution in [0, 0.1) is 20.2 Å². The summed E-state index contributed by atoms with van der Waals surface area (Å²) in [6, 6.07) is 0. The van der Waals surface area contributed by atoms with Crippen molar-refractivity contribution in [2.75, 3.05) is 0 Å². The molecule has 0 saturated carbocycles. The highest BCUT2D eigenvalue weighted by Crippen LogP contribution is 2.11. The Balaban J connectivity index is 0.000000277. The molecule has 0 atom stereocenters. The molecule has 0 aliphatic heterocycles. The Kier molecular flexibility index (Phi) is 5.48. The Bertz CT molecular complexity index is 686. The molecule has 0 aliphatic carbocycles. The van der Waals surface area contributed by atoms with Gasteiger partial charge in [-0.3, -0.25) is 25.3 Å². The summed E-state index contributed by atoms with van der Waals surface area (Å²) < 4.78 is 5.75. The van der Waals surface area contributed by atoms with Gasteiger partial charge in [0.2, 0.25) is 0 Å². The second-order valence-electron chi connectivity index (χ2n) is 5.09. The van der Waals surface area contributed by atoms with Crippen molar-refractivity contribution in [2.24, 2.45) is 0 Å². The normalized spacial score (nSPS) is 10.4. The molecule has 1 N–H and O–H groups in total. The van der Waals surface area contributed by atoms with Crippen LogP contribution in [0.25, 0.3) is 0 Å². The number of ether oxygens (including phenoxy) is 1. The lowest BCUT2D eigenvalue weighted by Gasteiger charge is -2.18. The molecule has 0 aliphatic rings. The van der Waals surface area contributed by atoms with Crippen LogP contribution < -0.4 is 0 Å². The quantitative estimate of drug-likeness (QED) is 0.646. The first-order chi connectivity index (χ1) is 10.6. The Morgan fingerprint density at radius 1 is 1.22 bits per heavy atom. The van der Waals surface area contributed by atoms with Crippen LogP contribution in [-0.2, 0) is 4.74 Å². The van der Waals surface area contributed by atoms with Crippen molar-refractivity contribution >= 4 is 17.5 Å². The van der Waals surface area contributed by atoms with Gasteiger partial charge in [0.05, 0.1) is 16.0 Å². The molecule has 2 rings (SSSR count). The number of aromatic nitrogens is 4. The minimum absolute atomic E-state index is 0.00926. The number of rotatable bonds is 2. The molecular formula is C11H14N6O6. The summed E-state index contributed by atoms with van der Waals surface area (Å²) >= 11 is 0. The number of nitrogens with zero attached hydrogens (tertiary/aromatic N) is 5. The SMILES string of the molecule is CC(C)(C)OC(=O)n1cc([N+](=O)[O-])cn1.O=[N+]([O-])c1cn[nH]c1. The topological polar surface area (TPSA) is 159 Å². The van der Waals surface area contributed by atoms with E-state index in [9.17, 15) is 25.0 Å². The van der Waals surface area contributed by atoms with Crippen LogP contribution in [0.5, 0.6) is 0 Å². The minimum Gasteiger partial charge on any atom is -0.442 e. The summed E-state index contributed by atoms with van der Waals surface area (Å²) in [5.41, 5.74) is -0.913. The predicted octanol–water partition coefficient (Wildman–Crippen LogP) is 1.89. The molecule has 0 radical (unpaired) electrons. The maximum Gasteiger partial charge on any atom is 0.435 e. The largest absolute Gasteiger partial charge is 0.442 e. The number of H-pyrrole nitrogens is 1. The summed E-state index contributed by atoms with van der Waals surface area (Å²) in [5, 5.41) is 29.3. The van der Waals surface area contributed by atoms with Crippen LogP contribution >= 0.6 is 0 Å². The van der Waals surface area contributed by atoms with Gasteiger partial charge in [0.15, 0.2) is 0 Å². The minimum atomic E-state index is -0.740. The summed E-state index contributed by atoms with van der Waals surface area (Å²) in [7, 11) is 0. The number of aromatic amines is 1. The van der Waals surface area contributed by atoms with Gasteiger partial charge in [-0.1, -0.05) is 0 Å². The average Bonchev–Trinajstić information content (AvgIpc) is 3.09. The molecule has 0 amide bonds. The third-order valence-electron chi connectivity index (χ3n) is 2.05. The van der Waals surface area contributed by atoms with Crippen LogP contribution in [-0.4, -0.2) is 41.5 Å². The molecule has 0 saturated heterocycles. The molecule has 2 heterocycles. The lowest BCUT2D eigenvalue weighted by molar-refractivity contribution is -0.385. The first-order valence-electron chi connectivity index (χ1n) is 6.16. The number of hydrogen-bond acceptors (Lipinski definition) is 8. The molecule has 2 aromatic rings. The van der Waals surface area contributed by atoms with E-state index in [1.54, 1.807) is 20.8 Å². The van der Waals surface area contributed by atoms with Crippen molar-refractivity contribution < 1.29 is 19.4 Å². The predicted molar refractivity (Wildman–Crippen MR) is 75.8 cm³/mol. The zero-order valence-electron chi connectivity index (χ0n) is 12.5. The lowest BCUT2D eigenvalue weighted by Crippen LogP contribution is -2.27. The Morgan fingerprint density at radius 2 is 1.83 bits per heavy atom. The molecule has 0 spiro atoms. The summed E-state index contributed by atoms with van der Waals surface area (Å²) in [5.74, 6) is 0. The Labute approximate surface area is 129 Å². The number of hydrogen-bond donors (Lipinski definition) is 1. The summed E-state index contributed by atoms with van der Waals surface area (Å²) in [6.07, 6.45) is 3.63. The molecule has 0 aromatic carbocycles. The standard InChI is InChI=1S/C8H11N3O4.C3H3N3O2/c1-8(2,3)15-7(12)10-5-6(4-9-10)11(13)14;7-6(8)3-1-4-5-2-3/h4-5H,1-3H3;1-2H,(H,4,5). The fourth-order valence-electron chi connectivity index (χ4n) is 1.16. The van der Waals surface area contributed by atoms with Gasteiger partial charge in [-0.05, 0) is 20.8 Å². The maximum absolute atomic E-state index is 11.4. The van der Waals surface area contributed by atoms with Gasteiger partial charge in [0.25, 0.3) is 0 Å². The first kappa shape index (κ1) is 17.7. The van der Waals surface area contributed by atoms with Crippen molar-refractivity contribution in [3.63, 3.8) is 0 Å². The monoisotopic (exact) mass is 326 g/mol. The number of nitro groups is 2. The first-order valence-corrected chi connectivity index (χ1v) is 6.16.